The van der Waals surface area contributed by atoms with Crippen LogP contribution in [0.25, 0.3) is 0 Å². The number of piperidine rings is 1. The number of amides is 2. The molecule has 5 heteroatoms. The van der Waals surface area contributed by atoms with Gasteiger partial charge in [-0.05, 0) is 30.4 Å². The molecule has 2 aliphatic rings. The van der Waals surface area contributed by atoms with Crippen molar-refractivity contribution in [2.75, 3.05) is 19.6 Å². The monoisotopic (exact) mass is 288 g/mol. The number of urea groups is 1. The van der Waals surface area contributed by atoms with Crippen LogP contribution in [0.1, 0.15) is 29.9 Å². The standard InChI is InChI=1S/C16H20N2O3/c19-15(20)11-5-7-18(8-6-11)16(21)17-10-13-9-12-3-1-2-4-14(12)13/h1-4,11,13H,5-10H2,(H,17,21)(H,19,20). The van der Waals surface area contributed by atoms with Crippen molar-refractivity contribution in [3.05, 3.63) is 35.4 Å². The topological polar surface area (TPSA) is 69.6 Å². The molecule has 2 amide bonds. The number of carbonyl (C=O) groups excluding carboxylic acids is 1. The molecule has 0 spiro atoms. The number of benzene rings is 1. The third-order valence-corrected chi connectivity index (χ3v) is 4.59. The zero-order valence-corrected chi connectivity index (χ0v) is 11.9. The van der Waals surface area contributed by atoms with E-state index in [0.717, 1.165) is 6.42 Å². The van der Waals surface area contributed by atoms with Gasteiger partial charge >= 0.3 is 12.0 Å². The molecule has 0 saturated carbocycles. The van der Waals surface area contributed by atoms with Crippen LogP contribution in [0.15, 0.2) is 24.3 Å². The van der Waals surface area contributed by atoms with Gasteiger partial charge in [-0.1, -0.05) is 24.3 Å². The van der Waals surface area contributed by atoms with Gasteiger partial charge in [0.25, 0.3) is 0 Å². The number of hydrogen-bond donors (Lipinski definition) is 2. The number of likely N-dealkylation sites (tertiary alicyclic amines) is 1. The minimum Gasteiger partial charge on any atom is -0.481 e. The fourth-order valence-electron chi connectivity index (χ4n) is 3.20. The molecule has 0 aromatic heterocycles. The molecule has 1 aromatic rings. The molecule has 1 aliphatic carbocycles. The van der Waals surface area contributed by atoms with Gasteiger partial charge in [0.2, 0.25) is 0 Å². The van der Waals surface area contributed by atoms with Crippen LogP contribution in [0.5, 0.6) is 0 Å². The SMILES string of the molecule is O=C(O)C1CCN(C(=O)NCC2Cc3ccccc32)CC1. The van der Waals surface area contributed by atoms with Gasteiger partial charge in [-0.15, -0.1) is 0 Å². The number of carbonyl (C=O) groups is 2. The first-order valence-electron chi connectivity index (χ1n) is 7.48. The summed E-state index contributed by atoms with van der Waals surface area (Å²) in [5, 5.41) is 11.9. The van der Waals surface area contributed by atoms with Crippen molar-refractivity contribution in [2.45, 2.75) is 25.2 Å². The second-order valence-corrected chi connectivity index (χ2v) is 5.89. The molecule has 1 saturated heterocycles. The Balaban J connectivity index is 1.45. The van der Waals surface area contributed by atoms with Crippen molar-refractivity contribution in [1.29, 1.82) is 0 Å². The molecule has 1 heterocycles. The summed E-state index contributed by atoms with van der Waals surface area (Å²) in [7, 11) is 0. The Kier molecular flexibility index (Phi) is 3.82. The second-order valence-electron chi connectivity index (χ2n) is 5.89. The van der Waals surface area contributed by atoms with E-state index >= 15 is 0 Å². The van der Waals surface area contributed by atoms with Crippen LogP contribution >= 0.6 is 0 Å². The molecular weight excluding hydrogens is 268 g/mol. The van der Waals surface area contributed by atoms with E-state index in [4.69, 9.17) is 5.11 Å². The van der Waals surface area contributed by atoms with Crippen LogP contribution in [0.4, 0.5) is 4.79 Å². The van der Waals surface area contributed by atoms with E-state index in [-0.39, 0.29) is 11.9 Å². The van der Waals surface area contributed by atoms with Gasteiger partial charge in [0.1, 0.15) is 0 Å². The third-order valence-electron chi connectivity index (χ3n) is 4.59. The number of carboxylic acid groups (broad SMARTS) is 1. The lowest BCUT2D eigenvalue weighted by atomic mass is 9.78. The summed E-state index contributed by atoms with van der Waals surface area (Å²) in [5.41, 5.74) is 2.71. The predicted octanol–water partition coefficient (Wildman–Crippen LogP) is 1.83. The van der Waals surface area contributed by atoms with Crippen molar-refractivity contribution in [2.24, 2.45) is 5.92 Å². The zero-order chi connectivity index (χ0) is 14.8. The highest BCUT2D eigenvalue weighted by atomic mass is 16.4. The summed E-state index contributed by atoms with van der Waals surface area (Å²) in [6.07, 6.45) is 2.13. The van der Waals surface area contributed by atoms with Crippen LogP contribution in [0.3, 0.4) is 0 Å². The van der Waals surface area contributed by atoms with E-state index in [9.17, 15) is 9.59 Å². The molecule has 1 aliphatic heterocycles. The Morgan fingerprint density at radius 2 is 1.95 bits per heavy atom. The molecule has 21 heavy (non-hydrogen) atoms. The average Bonchev–Trinajstić information content (AvgIpc) is 2.48. The average molecular weight is 288 g/mol. The molecule has 3 rings (SSSR count). The summed E-state index contributed by atoms with van der Waals surface area (Å²) in [5.74, 6) is -0.629. The number of hydrogen-bond acceptors (Lipinski definition) is 2. The molecule has 2 N–H and O–H groups in total. The summed E-state index contributed by atoms with van der Waals surface area (Å²) in [6, 6.07) is 8.26. The van der Waals surface area contributed by atoms with Crippen LogP contribution < -0.4 is 5.32 Å². The van der Waals surface area contributed by atoms with E-state index in [2.05, 4.69) is 17.4 Å². The van der Waals surface area contributed by atoms with Gasteiger partial charge in [0, 0.05) is 25.6 Å². The van der Waals surface area contributed by atoms with Gasteiger partial charge in [-0.25, -0.2) is 4.79 Å². The minimum atomic E-state index is -0.749. The number of nitrogens with zero attached hydrogens (tertiary/aromatic N) is 1. The zero-order valence-electron chi connectivity index (χ0n) is 11.9. The summed E-state index contributed by atoms with van der Waals surface area (Å²) in [6.45, 7) is 1.73. The van der Waals surface area contributed by atoms with Gasteiger partial charge in [0.15, 0.2) is 0 Å². The van der Waals surface area contributed by atoms with Gasteiger partial charge in [-0.3, -0.25) is 4.79 Å². The highest BCUT2D eigenvalue weighted by molar-refractivity contribution is 5.75. The Hall–Kier alpha value is -2.04. The number of rotatable bonds is 3. The van der Waals surface area contributed by atoms with E-state index in [1.54, 1.807) is 4.90 Å². The maximum Gasteiger partial charge on any atom is 0.317 e. The highest BCUT2D eigenvalue weighted by Gasteiger charge is 2.29. The number of nitrogens with one attached hydrogen (secondary N) is 1. The van der Waals surface area contributed by atoms with Gasteiger partial charge in [-0.2, -0.15) is 0 Å². The number of aliphatic carboxylic acids is 1. The normalized spacial score (nSPS) is 21.3. The van der Waals surface area contributed by atoms with E-state index in [1.807, 2.05) is 12.1 Å². The lowest BCUT2D eigenvalue weighted by Crippen LogP contribution is -2.47. The first-order valence-corrected chi connectivity index (χ1v) is 7.48. The Morgan fingerprint density at radius 3 is 2.62 bits per heavy atom. The van der Waals surface area contributed by atoms with E-state index in [0.29, 0.717) is 38.4 Å². The summed E-state index contributed by atoms with van der Waals surface area (Å²) in [4.78, 5) is 24.7. The fraction of sp³-hybridized carbons (Fsp3) is 0.500. The largest absolute Gasteiger partial charge is 0.481 e. The van der Waals surface area contributed by atoms with Crippen LogP contribution in [-0.4, -0.2) is 41.6 Å². The Labute approximate surface area is 123 Å². The first-order chi connectivity index (χ1) is 10.1. The Bertz CT molecular complexity index is 550. The first kappa shape index (κ1) is 13.9. The van der Waals surface area contributed by atoms with Crippen molar-refractivity contribution in [1.82, 2.24) is 10.2 Å². The molecule has 0 bridgehead atoms. The number of carboxylic acids is 1. The van der Waals surface area contributed by atoms with Crippen molar-refractivity contribution < 1.29 is 14.7 Å². The maximum absolute atomic E-state index is 12.1. The molecular formula is C16H20N2O3. The van der Waals surface area contributed by atoms with Crippen LogP contribution in [-0.2, 0) is 11.2 Å². The summed E-state index contributed by atoms with van der Waals surface area (Å²) >= 11 is 0. The van der Waals surface area contributed by atoms with Crippen molar-refractivity contribution in [3.8, 4) is 0 Å². The van der Waals surface area contributed by atoms with Gasteiger partial charge in [0.05, 0.1) is 5.92 Å². The fourth-order valence-corrected chi connectivity index (χ4v) is 3.20. The molecule has 0 radical (unpaired) electrons. The molecule has 1 aromatic carbocycles. The molecule has 112 valence electrons. The molecule has 1 atom stereocenters. The minimum absolute atomic E-state index is 0.0665. The highest BCUT2D eigenvalue weighted by Crippen LogP contribution is 2.34. The van der Waals surface area contributed by atoms with Crippen molar-refractivity contribution >= 4 is 12.0 Å². The molecule has 1 unspecified atom stereocenters. The molecule has 5 nitrogen and oxygen atoms in total. The van der Waals surface area contributed by atoms with E-state index in [1.165, 1.54) is 11.1 Å². The third kappa shape index (κ3) is 2.86. The lowest BCUT2D eigenvalue weighted by molar-refractivity contribution is -0.143. The van der Waals surface area contributed by atoms with Crippen molar-refractivity contribution in [3.63, 3.8) is 0 Å². The quantitative estimate of drug-likeness (QED) is 0.891. The van der Waals surface area contributed by atoms with Crippen LogP contribution in [0, 0.1) is 5.92 Å². The second kappa shape index (κ2) is 5.76. The van der Waals surface area contributed by atoms with Crippen LogP contribution in [0.2, 0.25) is 0 Å². The molecule has 1 fully saturated rings. The maximum atomic E-state index is 12.1. The number of fused-ring (bicyclic) bond motifs is 1. The summed E-state index contributed by atoms with van der Waals surface area (Å²) < 4.78 is 0. The lowest BCUT2D eigenvalue weighted by Gasteiger charge is -2.33. The smallest absolute Gasteiger partial charge is 0.317 e. The predicted molar refractivity (Wildman–Crippen MR) is 78.2 cm³/mol. The van der Waals surface area contributed by atoms with Gasteiger partial charge < -0.3 is 15.3 Å². The van der Waals surface area contributed by atoms with E-state index < -0.39 is 5.97 Å². The Morgan fingerprint density at radius 1 is 1.24 bits per heavy atom.